The highest BCUT2D eigenvalue weighted by Crippen LogP contribution is 2.23. The third-order valence-electron chi connectivity index (χ3n) is 1.64. The highest BCUT2D eigenvalue weighted by Gasteiger charge is 2.11. The molecular weight excluding hydrogens is 179 g/mol. The van der Waals surface area contributed by atoms with Gasteiger partial charge in [0.1, 0.15) is 5.82 Å². The molecule has 0 fully saturated rings. The van der Waals surface area contributed by atoms with Crippen molar-refractivity contribution in [2.24, 2.45) is 0 Å². The van der Waals surface area contributed by atoms with Crippen LogP contribution in [0.15, 0.2) is 18.2 Å². The minimum absolute atomic E-state index is 0.0644. The molecule has 0 aliphatic carbocycles. The average molecular weight is 188 g/mol. The maximum absolute atomic E-state index is 13.2. The monoisotopic (exact) mass is 187 g/mol. The molecule has 12 heavy (non-hydrogen) atoms. The van der Waals surface area contributed by atoms with Crippen molar-refractivity contribution in [1.29, 1.82) is 0 Å². The highest BCUT2D eigenvalue weighted by atomic mass is 35.5. The van der Waals surface area contributed by atoms with Crippen LogP contribution in [0.3, 0.4) is 0 Å². The first-order valence-electron chi connectivity index (χ1n) is 3.54. The van der Waals surface area contributed by atoms with Gasteiger partial charge in [0.2, 0.25) is 0 Å². The Morgan fingerprint density at radius 3 is 2.83 bits per heavy atom. The van der Waals surface area contributed by atoms with Crippen LogP contribution in [0.5, 0.6) is 0 Å². The van der Waals surface area contributed by atoms with E-state index in [1.54, 1.807) is 12.1 Å². The predicted molar refractivity (Wildman–Crippen MR) is 46.6 cm³/mol. The van der Waals surface area contributed by atoms with E-state index < -0.39 is 11.7 Å². The standard InChI is InChI=1S/C9H9ClFO/c1-6(5-12)7-3-2-4-8(10)9(7)11/h2-4,6,12H,1,5H2. The Labute approximate surface area is 75.8 Å². The van der Waals surface area contributed by atoms with Crippen molar-refractivity contribution in [3.63, 3.8) is 0 Å². The van der Waals surface area contributed by atoms with Crippen LogP contribution >= 0.6 is 11.6 Å². The average Bonchev–Trinajstić information content (AvgIpc) is 2.08. The van der Waals surface area contributed by atoms with Gasteiger partial charge in [-0.25, -0.2) is 4.39 Å². The molecule has 3 heteroatoms. The second-order valence-corrected chi connectivity index (χ2v) is 2.93. The first-order valence-corrected chi connectivity index (χ1v) is 3.92. The highest BCUT2D eigenvalue weighted by molar-refractivity contribution is 6.30. The zero-order valence-corrected chi connectivity index (χ0v) is 7.18. The second-order valence-electron chi connectivity index (χ2n) is 2.52. The maximum atomic E-state index is 13.2. The maximum Gasteiger partial charge on any atom is 0.145 e. The van der Waals surface area contributed by atoms with Gasteiger partial charge in [0.25, 0.3) is 0 Å². The second kappa shape index (κ2) is 3.87. The van der Waals surface area contributed by atoms with Gasteiger partial charge in [0, 0.05) is 5.92 Å². The van der Waals surface area contributed by atoms with Gasteiger partial charge in [-0.3, -0.25) is 0 Å². The molecule has 1 aromatic carbocycles. The van der Waals surface area contributed by atoms with Crippen molar-refractivity contribution in [2.75, 3.05) is 6.61 Å². The summed E-state index contributed by atoms with van der Waals surface area (Å²) in [6, 6.07) is 4.66. The summed E-state index contributed by atoms with van der Waals surface area (Å²) in [4.78, 5) is 0. The molecule has 1 nitrogen and oxygen atoms in total. The van der Waals surface area contributed by atoms with E-state index in [2.05, 4.69) is 6.92 Å². The van der Waals surface area contributed by atoms with Gasteiger partial charge in [-0.1, -0.05) is 23.7 Å². The third kappa shape index (κ3) is 1.76. The normalized spacial score (nSPS) is 13.0. The fourth-order valence-electron chi connectivity index (χ4n) is 0.934. The lowest BCUT2D eigenvalue weighted by Crippen LogP contribution is -2.02. The van der Waals surface area contributed by atoms with Gasteiger partial charge in [-0.2, -0.15) is 0 Å². The quantitative estimate of drug-likeness (QED) is 0.754. The number of hydrogen-bond donors (Lipinski definition) is 1. The van der Waals surface area contributed by atoms with Crippen LogP contribution in [0.1, 0.15) is 11.5 Å². The van der Waals surface area contributed by atoms with E-state index in [0.29, 0.717) is 5.56 Å². The summed E-state index contributed by atoms with van der Waals surface area (Å²) < 4.78 is 13.2. The summed E-state index contributed by atoms with van der Waals surface area (Å²) in [5, 5.41) is 8.80. The van der Waals surface area contributed by atoms with Crippen molar-refractivity contribution in [3.8, 4) is 0 Å². The van der Waals surface area contributed by atoms with Crippen molar-refractivity contribution >= 4 is 11.6 Å². The van der Waals surface area contributed by atoms with Crippen molar-refractivity contribution in [1.82, 2.24) is 0 Å². The van der Waals surface area contributed by atoms with Crippen LogP contribution in [0, 0.1) is 12.7 Å². The zero-order valence-electron chi connectivity index (χ0n) is 6.43. The molecule has 1 rings (SSSR count). The van der Waals surface area contributed by atoms with Crippen LogP contribution < -0.4 is 0 Å². The third-order valence-corrected chi connectivity index (χ3v) is 1.93. The molecule has 0 aromatic heterocycles. The van der Waals surface area contributed by atoms with E-state index in [0.717, 1.165) is 0 Å². The van der Waals surface area contributed by atoms with Gasteiger partial charge in [-0.05, 0) is 18.6 Å². The summed E-state index contributed by atoms with van der Waals surface area (Å²) in [5.41, 5.74) is 0.352. The molecule has 0 amide bonds. The van der Waals surface area contributed by atoms with E-state index in [1.807, 2.05) is 0 Å². The summed E-state index contributed by atoms with van der Waals surface area (Å²) in [6.45, 7) is 3.40. The number of aliphatic hydroxyl groups excluding tert-OH is 1. The van der Waals surface area contributed by atoms with Gasteiger partial charge < -0.3 is 5.11 Å². The van der Waals surface area contributed by atoms with Crippen molar-refractivity contribution in [2.45, 2.75) is 5.92 Å². The molecule has 1 aromatic rings. The Morgan fingerprint density at radius 1 is 1.58 bits per heavy atom. The summed E-state index contributed by atoms with van der Waals surface area (Å²) in [7, 11) is 0. The first-order chi connectivity index (χ1) is 5.66. The van der Waals surface area contributed by atoms with Gasteiger partial charge >= 0.3 is 0 Å². The topological polar surface area (TPSA) is 20.2 Å². The summed E-state index contributed by atoms with van der Waals surface area (Å²) in [6.07, 6.45) is 0. The van der Waals surface area contributed by atoms with Crippen LogP contribution in [-0.2, 0) is 0 Å². The lowest BCUT2D eigenvalue weighted by molar-refractivity contribution is 0.280. The summed E-state index contributed by atoms with van der Waals surface area (Å²) >= 11 is 5.53. The molecule has 0 saturated carbocycles. The molecule has 1 N–H and O–H groups in total. The van der Waals surface area contributed by atoms with Crippen LogP contribution in [0.2, 0.25) is 5.02 Å². The molecule has 0 saturated heterocycles. The fourth-order valence-corrected chi connectivity index (χ4v) is 1.12. The van der Waals surface area contributed by atoms with E-state index in [9.17, 15) is 4.39 Å². The number of benzene rings is 1. The van der Waals surface area contributed by atoms with E-state index in [1.165, 1.54) is 6.07 Å². The van der Waals surface area contributed by atoms with Crippen molar-refractivity contribution in [3.05, 3.63) is 41.5 Å². The van der Waals surface area contributed by atoms with Gasteiger partial charge in [0.15, 0.2) is 0 Å². The van der Waals surface area contributed by atoms with Crippen LogP contribution in [0.4, 0.5) is 4.39 Å². The number of halogens is 2. The molecule has 1 atom stereocenters. The van der Waals surface area contributed by atoms with Crippen LogP contribution in [-0.4, -0.2) is 11.7 Å². The van der Waals surface area contributed by atoms with E-state index >= 15 is 0 Å². The Morgan fingerprint density at radius 2 is 2.25 bits per heavy atom. The molecule has 0 bridgehead atoms. The fraction of sp³-hybridized carbons (Fsp3) is 0.222. The van der Waals surface area contributed by atoms with Crippen LogP contribution in [0.25, 0.3) is 0 Å². The Bertz CT molecular complexity index is 275. The minimum Gasteiger partial charge on any atom is -0.396 e. The largest absolute Gasteiger partial charge is 0.396 e. The molecule has 0 aliphatic heterocycles. The molecule has 65 valence electrons. The zero-order chi connectivity index (χ0) is 9.14. The predicted octanol–water partition coefficient (Wildman–Crippen LogP) is 2.39. The number of hydrogen-bond acceptors (Lipinski definition) is 1. The molecule has 1 unspecified atom stereocenters. The van der Waals surface area contributed by atoms with E-state index in [4.69, 9.17) is 16.7 Å². The summed E-state index contributed by atoms with van der Waals surface area (Å²) in [5.74, 6) is -0.947. The molecule has 0 aliphatic rings. The number of rotatable bonds is 2. The SMILES string of the molecule is [CH2]C(CO)c1cccc(Cl)c1F. The van der Waals surface area contributed by atoms with Gasteiger partial charge in [0.05, 0.1) is 11.6 Å². The van der Waals surface area contributed by atoms with E-state index in [-0.39, 0.29) is 11.6 Å². The van der Waals surface area contributed by atoms with Crippen molar-refractivity contribution < 1.29 is 9.50 Å². The Hall–Kier alpha value is -0.600. The Kier molecular flexibility index (Phi) is 3.06. The lowest BCUT2D eigenvalue weighted by atomic mass is 10.0. The molecular formula is C9H9ClFO. The molecule has 1 radical (unpaired) electrons. The lowest BCUT2D eigenvalue weighted by Gasteiger charge is -2.09. The first kappa shape index (κ1) is 9.49. The molecule has 0 spiro atoms. The Balaban J connectivity index is 3.07. The number of aliphatic hydroxyl groups is 1. The van der Waals surface area contributed by atoms with Gasteiger partial charge in [-0.15, -0.1) is 0 Å². The molecule has 0 heterocycles. The smallest absolute Gasteiger partial charge is 0.145 e. The minimum atomic E-state index is -0.492.